The lowest BCUT2D eigenvalue weighted by Gasteiger charge is -2.08. The maximum atomic E-state index is 11.6. The highest BCUT2D eigenvalue weighted by molar-refractivity contribution is 6.20. The van der Waals surface area contributed by atoms with Crippen LogP contribution in [0.1, 0.15) is 19.8 Å². The summed E-state index contributed by atoms with van der Waals surface area (Å²) in [6.45, 7) is 0.656. The Kier molecular flexibility index (Phi) is 7.49. The molecule has 1 atom stereocenters. The average Bonchev–Trinajstić information content (AvgIpc) is 2.10. The Balaban J connectivity index is 3.38. The fourth-order valence-corrected chi connectivity index (χ4v) is 0.961. The number of hydrogen-bond donors (Lipinski definition) is 1. The molecule has 0 radical (unpaired) electrons. The first-order valence-corrected chi connectivity index (χ1v) is 5.30. The topological polar surface area (TPSA) is 38.3 Å². The predicted octanol–water partition coefficient (Wildman–Crippen LogP) is 2.09. The quantitative estimate of drug-likeness (QED) is 0.563. The Morgan fingerprint density at radius 3 is 2.62 bits per heavy atom. The van der Waals surface area contributed by atoms with Crippen molar-refractivity contribution in [2.24, 2.45) is 0 Å². The monoisotopic (exact) mass is 261 g/mol. The number of ether oxygens (including phenoxy) is 1. The number of carbonyl (C=O) groups excluding carboxylic acids is 1. The van der Waals surface area contributed by atoms with Gasteiger partial charge >= 0.3 is 6.18 Å². The van der Waals surface area contributed by atoms with Gasteiger partial charge in [-0.3, -0.25) is 4.79 Å². The molecule has 0 aliphatic rings. The zero-order chi connectivity index (χ0) is 12.6. The van der Waals surface area contributed by atoms with Crippen molar-refractivity contribution < 1.29 is 22.7 Å². The third-order valence-electron chi connectivity index (χ3n) is 1.60. The highest BCUT2D eigenvalue weighted by atomic mass is 35.5. The SMILES string of the molecule is CC(Cl)CCNC(=O)CCOCC(F)(F)F. The van der Waals surface area contributed by atoms with Gasteiger partial charge in [-0.2, -0.15) is 13.2 Å². The molecule has 3 nitrogen and oxygen atoms in total. The number of hydrogen-bond acceptors (Lipinski definition) is 2. The van der Waals surface area contributed by atoms with Gasteiger partial charge in [-0.25, -0.2) is 0 Å². The van der Waals surface area contributed by atoms with Crippen molar-refractivity contribution in [2.75, 3.05) is 19.8 Å². The van der Waals surface area contributed by atoms with E-state index >= 15 is 0 Å². The van der Waals surface area contributed by atoms with Crippen molar-refractivity contribution in [3.63, 3.8) is 0 Å². The second-order valence-corrected chi connectivity index (χ2v) is 4.08. The number of rotatable bonds is 7. The Labute approximate surface area is 97.3 Å². The third kappa shape index (κ3) is 11.6. The zero-order valence-corrected chi connectivity index (χ0v) is 9.70. The molecule has 0 spiro atoms. The van der Waals surface area contributed by atoms with Crippen LogP contribution in [0.25, 0.3) is 0 Å². The van der Waals surface area contributed by atoms with Gasteiger partial charge < -0.3 is 10.1 Å². The van der Waals surface area contributed by atoms with E-state index in [1.807, 2.05) is 0 Å². The van der Waals surface area contributed by atoms with Crippen LogP contribution in [0.4, 0.5) is 13.2 Å². The largest absolute Gasteiger partial charge is 0.411 e. The molecule has 0 aromatic heterocycles. The number of carbonyl (C=O) groups is 1. The molecule has 1 amide bonds. The summed E-state index contributed by atoms with van der Waals surface area (Å²) in [6, 6.07) is 0. The molecular formula is C9H15ClF3NO2. The molecule has 0 fully saturated rings. The molecule has 0 aliphatic carbocycles. The van der Waals surface area contributed by atoms with Gasteiger partial charge in [0, 0.05) is 18.3 Å². The van der Waals surface area contributed by atoms with Crippen molar-refractivity contribution in [3.05, 3.63) is 0 Å². The molecule has 0 saturated carbocycles. The molecule has 0 aliphatic heterocycles. The lowest BCUT2D eigenvalue weighted by atomic mass is 10.3. The molecule has 0 rings (SSSR count). The minimum atomic E-state index is -4.34. The van der Waals surface area contributed by atoms with Gasteiger partial charge in [0.25, 0.3) is 0 Å². The van der Waals surface area contributed by atoms with E-state index in [1.165, 1.54) is 0 Å². The van der Waals surface area contributed by atoms with Gasteiger partial charge in [-0.15, -0.1) is 11.6 Å². The fourth-order valence-electron chi connectivity index (χ4n) is 0.852. The highest BCUT2D eigenvalue weighted by Crippen LogP contribution is 2.14. The number of amides is 1. The maximum absolute atomic E-state index is 11.6. The van der Waals surface area contributed by atoms with E-state index in [4.69, 9.17) is 11.6 Å². The molecule has 16 heavy (non-hydrogen) atoms. The Bertz CT molecular complexity index is 209. The molecule has 0 aromatic carbocycles. The second kappa shape index (κ2) is 7.73. The first kappa shape index (κ1) is 15.5. The first-order valence-electron chi connectivity index (χ1n) is 4.86. The van der Waals surface area contributed by atoms with Crippen LogP contribution >= 0.6 is 11.6 Å². The van der Waals surface area contributed by atoms with Gasteiger partial charge in [0.2, 0.25) is 5.91 Å². The van der Waals surface area contributed by atoms with Crippen molar-refractivity contribution in [3.8, 4) is 0 Å². The molecule has 96 valence electrons. The predicted molar refractivity (Wildman–Crippen MR) is 54.4 cm³/mol. The Morgan fingerprint density at radius 1 is 1.50 bits per heavy atom. The molecule has 0 saturated heterocycles. The summed E-state index contributed by atoms with van der Waals surface area (Å²) in [4.78, 5) is 11.0. The van der Waals surface area contributed by atoms with E-state index in [2.05, 4.69) is 10.1 Å². The van der Waals surface area contributed by atoms with Gasteiger partial charge in [0.05, 0.1) is 6.61 Å². The number of alkyl halides is 4. The van der Waals surface area contributed by atoms with Crippen molar-refractivity contribution in [1.29, 1.82) is 0 Å². The third-order valence-corrected chi connectivity index (χ3v) is 1.82. The lowest BCUT2D eigenvalue weighted by Crippen LogP contribution is -2.27. The van der Waals surface area contributed by atoms with Crippen LogP contribution in [0.15, 0.2) is 0 Å². The summed E-state index contributed by atoms with van der Waals surface area (Å²) in [5.41, 5.74) is 0. The van der Waals surface area contributed by atoms with Crippen LogP contribution < -0.4 is 5.32 Å². The smallest absolute Gasteiger partial charge is 0.372 e. The Hall–Kier alpha value is -0.490. The van der Waals surface area contributed by atoms with E-state index in [0.717, 1.165) is 0 Å². The lowest BCUT2D eigenvalue weighted by molar-refractivity contribution is -0.174. The van der Waals surface area contributed by atoms with Gasteiger partial charge in [-0.1, -0.05) is 0 Å². The van der Waals surface area contributed by atoms with Crippen molar-refractivity contribution in [1.82, 2.24) is 5.32 Å². The molecule has 1 unspecified atom stereocenters. The standard InChI is InChI=1S/C9H15ClF3NO2/c1-7(10)2-4-14-8(15)3-5-16-6-9(11,12)13/h7H,2-6H2,1H3,(H,14,15). The van der Waals surface area contributed by atoms with Gasteiger partial charge in [0.1, 0.15) is 6.61 Å². The van der Waals surface area contributed by atoms with Crippen LogP contribution in [-0.4, -0.2) is 37.2 Å². The summed E-state index contributed by atoms with van der Waals surface area (Å²) in [6.07, 6.45) is -3.80. The van der Waals surface area contributed by atoms with Crippen molar-refractivity contribution in [2.45, 2.75) is 31.3 Å². The van der Waals surface area contributed by atoms with E-state index in [9.17, 15) is 18.0 Å². The van der Waals surface area contributed by atoms with Crippen LogP contribution in [0, 0.1) is 0 Å². The van der Waals surface area contributed by atoms with Gasteiger partial charge in [-0.05, 0) is 13.3 Å². The Morgan fingerprint density at radius 2 is 2.12 bits per heavy atom. The summed E-state index contributed by atoms with van der Waals surface area (Å²) in [7, 11) is 0. The van der Waals surface area contributed by atoms with Crippen LogP contribution in [-0.2, 0) is 9.53 Å². The minimum absolute atomic E-state index is 0.0400. The normalized spacial score (nSPS) is 13.6. The highest BCUT2D eigenvalue weighted by Gasteiger charge is 2.27. The van der Waals surface area contributed by atoms with Gasteiger partial charge in [0.15, 0.2) is 0 Å². The van der Waals surface area contributed by atoms with E-state index in [-0.39, 0.29) is 24.3 Å². The summed E-state index contributed by atoms with van der Waals surface area (Å²) < 4.78 is 39.2. The van der Waals surface area contributed by atoms with Crippen molar-refractivity contribution >= 4 is 17.5 Å². The maximum Gasteiger partial charge on any atom is 0.411 e. The molecule has 0 aromatic rings. The fraction of sp³-hybridized carbons (Fsp3) is 0.889. The van der Waals surface area contributed by atoms with E-state index in [0.29, 0.717) is 13.0 Å². The molecule has 7 heteroatoms. The minimum Gasteiger partial charge on any atom is -0.372 e. The molecular weight excluding hydrogens is 247 g/mol. The number of halogens is 4. The molecule has 0 heterocycles. The summed E-state index contributed by atoms with van der Waals surface area (Å²) in [5.74, 6) is -0.334. The summed E-state index contributed by atoms with van der Waals surface area (Å²) >= 11 is 5.64. The first-order chi connectivity index (χ1) is 7.31. The second-order valence-electron chi connectivity index (χ2n) is 3.34. The molecule has 0 bridgehead atoms. The number of nitrogens with one attached hydrogen (secondary N) is 1. The van der Waals surface area contributed by atoms with Crippen LogP contribution in [0.5, 0.6) is 0 Å². The average molecular weight is 262 g/mol. The van der Waals surface area contributed by atoms with Crippen LogP contribution in [0.3, 0.4) is 0 Å². The van der Waals surface area contributed by atoms with E-state index in [1.54, 1.807) is 6.92 Å². The zero-order valence-electron chi connectivity index (χ0n) is 8.94. The summed E-state index contributed by atoms with van der Waals surface area (Å²) in [5, 5.41) is 2.49. The van der Waals surface area contributed by atoms with Crippen LogP contribution in [0.2, 0.25) is 0 Å². The van der Waals surface area contributed by atoms with E-state index < -0.39 is 12.8 Å². The molecule has 1 N–H and O–H groups in total.